The average molecular weight is 287 g/mol. The first kappa shape index (κ1) is 14.2. The molecule has 21 heavy (non-hydrogen) atoms. The van der Waals surface area contributed by atoms with Crippen molar-refractivity contribution in [2.75, 3.05) is 13.2 Å². The maximum Gasteiger partial charge on any atom is 0.0853 e. The molecule has 1 fully saturated rings. The first-order valence-electron chi connectivity index (χ1n) is 7.37. The second-order valence-electron chi connectivity index (χ2n) is 5.74. The van der Waals surface area contributed by atoms with E-state index < -0.39 is 6.10 Å². The van der Waals surface area contributed by atoms with Gasteiger partial charge in [0, 0.05) is 38.3 Å². The van der Waals surface area contributed by atoms with Crippen molar-refractivity contribution in [2.24, 2.45) is 7.05 Å². The SMILES string of the molecule is Cn1cc(CC(O)C2(c3ccccc3)CCOCC2)nn1. The van der Waals surface area contributed by atoms with Gasteiger partial charge in [0.1, 0.15) is 0 Å². The van der Waals surface area contributed by atoms with Crippen molar-refractivity contribution < 1.29 is 9.84 Å². The van der Waals surface area contributed by atoms with Crippen LogP contribution in [0.4, 0.5) is 0 Å². The van der Waals surface area contributed by atoms with Crippen LogP contribution in [0.5, 0.6) is 0 Å². The number of aliphatic hydroxyl groups is 1. The van der Waals surface area contributed by atoms with Crippen LogP contribution in [-0.4, -0.2) is 39.4 Å². The number of aliphatic hydroxyl groups excluding tert-OH is 1. The summed E-state index contributed by atoms with van der Waals surface area (Å²) in [4.78, 5) is 0. The predicted octanol–water partition coefficient (Wildman–Crippen LogP) is 1.47. The minimum absolute atomic E-state index is 0.253. The van der Waals surface area contributed by atoms with E-state index >= 15 is 0 Å². The van der Waals surface area contributed by atoms with Crippen LogP contribution in [0.15, 0.2) is 36.5 Å². The average Bonchev–Trinajstić information content (AvgIpc) is 2.94. The van der Waals surface area contributed by atoms with E-state index in [1.807, 2.05) is 31.4 Å². The molecule has 1 aromatic carbocycles. The Balaban J connectivity index is 1.88. The van der Waals surface area contributed by atoms with E-state index in [-0.39, 0.29) is 5.41 Å². The zero-order valence-corrected chi connectivity index (χ0v) is 12.3. The number of hydrogen-bond acceptors (Lipinski definition) is 4. The molecule has 0 aliphatic carbocycles. The number of hydrogen-bond donors (Lipinski definition) is 1. The number of benzene rings is 1. The lowest BCUT2D eigenvalue weighted by Gasteiger charge is -2.41. The van der Waals surface area contributed by atoms with E-state index in [9.17, 15) is 5.11 Å². The molecule has 1 atom stereocenters. The van der Waals surface area contributed by atoms with E-state index in [4.69, 9.17) is 4.74 Å². The molecular weight excluding hydrogens is 266 g/mol. The summed E-state index contributed by atoms with van der Waals surface area (Å²) >= 11 is 0. The number of nitrogens with zero attached hydrogens (tertiary/aromatic N) is 3. The smallest absolute Gasteiger partial charge is 0.0853 e. The van der Waals surface area contributed by atoms with E-state index in [0.717, 1.165) is 18.5 Å². The molecule has 1 unspecified atom stereocenters. The largest absolute Gasteiger partial charge is 0.392 e. The quantitative estimate of drug-likeness (QED) is 0.925. The highest BCUT2D eigenvalue weighted by molar-refractivity contribution is 5.28. The highest BCUT2D eigenvalue weighted by Gasteiger charge is 2.41. The third kappa shape index (κ3) is 2.84. The molecule has 1 saturated heterocycles. The summed E-state index contributed by atoms with van der Waals surface area (Å²) in [6.07, 6.45) is 3.56. The second kappa shape index (κ2) is 5.95. The molecule has 0 radical (unpaired) electrons. The normalized spacial score (nSPS) is 19.3. The highest BCUT2D eigenvalue weighted by atomic mass is 16.5. The van der Waals surface area contributed by atoms with Gasteiger partial charge in [0.25, 0.3) is 0 Å². The van der Waals surface area contributed by atoms with Crippen LogP contribution in [-0.2, 0) is 23.6 Å². The van der Waals surface area contributed by atoms with Gasteiger partial charge in [0.15, 0.2) is 0 Å². The molecule has 3 rings (SSSR count). The summed E-state index contributed by atoms with van der Waals surface area (Å²) in [6, 6.07) is 10.3. The van der Waals surface area contributed by atoms with Crippen molar-refractivity contribution in [1.29, 1.82) is 0 Å². The lowest BCUT2D eigenvalue weighted by Crippen LogP contribution is -2.45. The van der Waals surface area contributed by atoms with Crippen LogP contribution >= 0.6 is 0 Å². The molecule has 1 N–H and O–H groups in total. The van der Waals surface area contributed by atoms with Crippen LogP contribution in [0.3, 0.4) is 0 Å². The van der Waals surface area contributed by atoms with Gasteiger partial charge in [-0.05, 0) is 18.4 Å². The third-order valence-corrected chi connectivity index (χ3v) is 4.42. The van der Waals surface area contributed by atoms with Crippen molar-refractivity contribution in [3.05, 3.63) is 47.8 Å². The van der Waals surface area contributed by atoms with Gasteiger partial charge in [-0.1, -0.05) is 35.5 Å². The van der Waals surface area contributed by atoms with Gasteiger partial charge >= 0.3 is 0 Å². The maximum absolute atomic E-state index is 10.9. The summed E-state index contributed by atoms with van der Waals surface area (Å²) in [5, 5.41) is 18.9. The van der Waals surface area contributed by atoms with E-state index in [1.165, 1.54) is 5.56 Å². The van der Waals surface area contributed by atoms with Gasteiger partial charge in [-0.25, -0.2) is 0 Å². The molecular formula is C16H21N3O2. The molecule has 1 aromatic heterocycles. The zero-order chi connectivity index (χ0) is 14.7. The topological polar surface area (TPSA) is 60.2 Å². The van der Waals surface area contributed by atoms with Gasteiger partial charge in [0.2, 0.25) is 0 Å². The minimum atomic E-state index is -0.486. The van der Waals surface area contributed by atoms with Crippen molar-refractivity contribution in [2.45, 2.75) is 30.8 Å². The highest BCUT2D eigenvalue weighted by Crippen LogP contribution is 2.39. The van der Waals surface area contributed by atoms with E-state index in [1.54, 1.807) is 4.68 Å². The fraction of sp³-hybridized carbons (Fsp3) is 0.500. The summed E-state index contributed by atoms with van der Waals surface area (Å²) in [5.41, 5.74) is 1.76. The lowest BCUT2D eigenvalue weighted by molar-refractivity contribution is -0.0158. The van der Waals surface area contributed by atoms with Crippen molar-refractivity contribution >= 4 is 0 Å². The number of ether oxygens (including phenoxy) is 1. The fourth-order valence-electron chi connectivity index (χ4n) is 3.20. The van der Waals surface area contributed by atoms with Crippen LogP contribution in [0.2, 0.25) is 0 Å². The van der Waals surface area contributed by atoms with Crippen LogP contribution in [0.25, 0.3) is 0 Å². The van der Waals surface area contributed by atoms with Gasteiger partial charge in [-0.3, -0.25) is 4.68 Å². The van der Waals surface area contributed by atoms with Gasteiger partial charge < -0.3 is 9.84 Å². The molecule has 5 heteroatoms. The van der Waals surface area contributed by atoms with Crippen molar-refractivity contribution in [3.63, 3.8) is 0 Å². The molecule has 112 valence electrons. The molecule has 5 nitrogen and oxygen atoms in total. The Morgan fingerprint density at radius 3 is 2.62 bits per heavy atom. The second-order valence-corrected chi connectivity index (χ2v) is 5.74. The number of aryl methyl sites for hydroxylation is 1. The molecule has 2 heterocycles. The Morgan fingerprint density at radius 2 is 2.00 bits per heavy atom. The van der Waals surface area contributed by atoms with Crippen LogP contribution in [0, 0.1) is 0 Å². The third-order valence-electron chi connectivity index (χ3n) is 4.42. The van der Waals surface area contributed by atoms with Gasteiger partial charge in [-0.15, -0.1) is 5.10 Å². The standard InChI is InChI=1S/C16H21N3O2/c1-19-12-14(17-18-19)11-15(20)16(7-9-21-10-8-16)13-5-3-2-4-6-13/h2-6,12,15,20H,7-11H2,1H3. The predicted molar refractivity (Wildman–Crippen MR) is 78.9 cm³/mol. The lowest BCUT2D eigenvalue weighted by atomic mass is 9.69. The molecule has 1 aliphatic heterocycles. The Kier molecular flexibility index (Phi) is 4.03. The molecule has 0 spiro atoms. The number of aromatic nitrogens is 3. The van der Waals surface area contributed by atoms with Crippen LogP contribution in [0.1, 0.15) is 24.1 Å². The molecule has 1 aliphatic rings. The van der Waals surface area contributed by atoms with E-state index in [0.29, 0.717) is 19.6 Å². The molecule has 0 saturated carbocycles. The number of rotatable bonds is 4. The monoisotopic (exact) mass is 287 g/mol. The minimum Gasteiger partial charge on any atom is -0.392 e. The van der Waals surface area contributed by atoms with E-state index in [2.05, 4.69) is 22.4 Å². The van der Waals surface area contributed by atoms with Crippen LogP contribution < -0.4 is 0 Å². The van der Waals surface area contributed by atoms with Gasteiger partial charge in [-0.2, -0.15) is 0 Å². The Bertz CT molecular complexity index is 576. The molecule has 0 amide bonds. The summed E-state index contributed by atoms with van der Waals surface area (Å²) < 4.78 is 7.18. The summed E-state index contributed by atoms with van der Waals surface area (Å²) in [6.45, 7) is 1.37. The van der Waals surface area contributed by atoms with Crippen molar-refractivity contribution in [3.8, 4) is 0 Å². The Hall–Kier alpha value is -1.72. The molecule has 0 bridgehead atoms. The van der Waals surface area contributed by atoms with Crippen molar-refractivity contribution in [1.82, 2.24) is 15.0 Å². The first-order chi connectivity index (χ1) is 10.2. The maximum atomic E-state index is 10.9. The zero-order valence-electron chi connectivity index (χ0n) is 12.3. The summed E-state index contributed by atoms with van der Waals surface area (Å²) in [5.74, 6) is 0. The first-order valence-corrected chi connectivity index (χ1v) is 7.37. The Morgan fingerprint density at radius 1 is 1.29 bits per heavy atom. The summed E-state index contributed by atoms with van der Waals surface area (Å²) in [7, 11) is 1.84. The Labute approximate surface area is 124 Å². The fourth-order valence-corrected chi connectivity index (χ4v) is 3.20. The van der Waals surface area contributed by atoms with Gasteiger partial charge in [0.05, 0.1) is 11.8 Å². The molecule has 2 aromatic rings.